The van der Waals surface area contributed by atoms with Crippen molar-refractivity contribution in [2.75, 3.05) is 0 Å². The molecule has 5 nitrogen and oxygen atoms in total. The van der Waals surface area contributed by atoms with Gasteiger partial charge in [0.25, 0.3) is 0 Å². The van der Waals surface area contributed by atoms with Gasteiger partial charge in [0.15, 0.2) is 0 Å². The molecule has 4 aromatic heterocycles. The van der Waals surface area contributed by atoms with Crippen LogP contribution in [0.4, 0.5) is 0 Å². The predicted octanol–water partition coefficient (Wildman–Crippen LogP) is 6.15. The normalized spacial score (nSPS) is 10.5. The van der Waals surface area contributed by atoms with Crippen LogP contribution in [0.25, 0.3) is 16.4 Å². The Morgan fingerprint density at radius 2 is 1.28 bits per heavy atom. The van der Waals surface area contributed by atoms with Gasteiger partial charge in [-0.2, -0.15) is 0 Å². The van der Waals surface area contributed by atoms with E-state index in [-0.39, 0.29) is 0 Å². The highest BCUT2D eigenvalue weighted by Crippen LogP contribution is 2.18. The molecular weight excluding hydrogens is 394 g/mol. The first kappa shape index (κ1) is 23.2. The maximum Gasteiger partial charge on any atom is 0.137 e. The smallest absolute Gasteiger partial charge is 0.137 e. The van der Waals surface area contributed by atoms with E-state index in [0.717, 1.165) is 28.6 Å². The molecule has 0 unspecified atom stereocenters. The number of aryl methyl sites for hydroxylation is 7. The molecule has 0 atom stereocenters. The maximum absolute atomic E-state index is 4.38. The van der Waals surface area contributed by atoms with Gasteiger partial charge < -0.3 is 8.97 Å². The highest BCUT2D eigenvalue weighted by Gasteiger charge is 2.01. The number of fused-ring (bicyclic) bond motifs is 2. The summed E-state index contributed by atoms with van der Waals surface area (Å²) in [5.74, 6) is 0.862. The lowest BCUT2D eigenvalue weighted by atomic mass is 10.2. The zero-order valence-electron chi connectivity index (χ0n) is 20.4. The third kappa shape index (κ3) is 5.05. The Morgan fingerprint density at radius 3 is 1.91 bits per heavy atom. The lowest BCUT2D eigenvalue weighted by Crippen LogP contribution is -1.97. The average molecular weight is 428 g/mol. The van der Waals surface area contributed by atoms with Gasteiger partial charge in [-0.25, -0.2) is 15.0 Å². The molecule has 5 heteroatoms. The third-order valence-corrected chi connectivity index (χ3v) is 5.96. The third-order valence-electron chi connectivity index (χ3n) is 5.96. The molecule has 1 aromatic carbocycles. The second-order valence-electron chi connectivity index (χ2n) is 8.19. The molecule has 166 valence electrons. The minimum absolute atomic E-state index is 0.862. The molecule has 0 bridgehead atoms. The monoisotopic (exact) mass is 427 g/mol. The van der Waals surface area contributed by atoms with Crippen LogP contribution in [-0.4, -0.2) is 23.9 Å². The Balaban J connectivity index is 0.000000136. The van der Waals surface area contributed by atoms with Gasteiger partial charge in [0.2, 0.25) is 0 Å². The molecule has 0 aliphatic rings. The summed E-state index contributed by atoms with van der Waals surface area (Å²) in [4.78, 5) is 12.8. The first-order chi connectivity index (χ1) is 15.2. The molecule has 5 rings (SSSR count). The first-order valence-electron chi connectivity index (χ1n) is 10.9. The van der Waals surface area contributed by atoms with E-state index in [4.69, 9.17) is 0 Å². The van der Waals surface area contributed by atoms with Crippen molar-refractivity contribution >= 4 is 16.4 Å². The van der Waals surface area contributed by atoms with E-state index in [2.05, 4.69) is 75.3 Å². The van der Waals surface area contributed by atoms with Crippen LogP contribution in [0.15, 0.2) is 54.9 Å². The van der Waals surface area contributed by atoms with Gasteiger partial charge in [-0.1, -0.05) is 30.3 Å². The van der Waals surface area contributed by atoms with Gasteiger partial charge in [0, 0.05) is 47.6 Å². The molecule has 32 heavy (non-hydrogen) atoms. The van der Waals surface area contributed by atoms with E-state index in [1.807, 2.05) is 59.0 Å². The summed E-state index contributed by atoms with van der Waals surface area (Å²) in [6.07, 6.45) is 4.19. The summed E-state index contributed by atoms with van der Waals surface area (Å²) in [7, 11) is 2.08. The molecular formula is C27H33N5. The number of aromatic nitrogens is 5. The molecule has 0 fully saturated rings. The van der Waals surface area contributed by atoms with Crippen LogP contribution in [0.5, 0.6) is 0 Å². The lowest BCUT2D eigenvalue weighted by molar-refractivity contribution is 0.889. The zero-order valence-corrected chi connectivity index (χ0v) is 20.4. The van der Waals surface area contributed by atoms with Gasteiger partial charge in [-0.15, -0.1) is 0 Å². The minimum Gasteiger partial charge on any atom is -0.353 e. The van der Waals surface area contributed by atoms with Gasteiger partial charge in [-0.05, 0) is 71.5 Å². The van der Waals surface area contributed by atoms with E-state index < -0.39 is 0 Å². The Hall–Kier alpha value is -3.47. The van der Waals surface area contributed by atoms with Crippen LogP contribution in [0.3, 0.4) is 0 Å². The van der Waals surface area contributed by atoms with Crippen LogP contribution in [0, 0.1) is 48.5 Å². The fraction of sp³-hybridized carbons (Fsp3) is 0.296. The van der Waals surface area contributed by atoms with Crippen molar-refractivity contribution in [3.05, 3.63) is 94.7 Å². The number of hydrogen-bond acceptors (Lipinski definition) is 3. The van der Waals surface area contributed by atoms with Gasteiger partial charge in [-0.3, -0.25) is 0 Å². The molecule has 4 heterocycles. The highest BCUT2D eigenvalue weighted by molar-refractivity contribution is 5.85. The van der Waals surface area contributed by atoms with Crippen molar-refractivity contribution in [2.24, 2.45) is 7.05 Å². The topological polar surface area (TPSA) is 48.0 Å². The maximum atomic E-state index is 4.38. The van der Waals surface area contributed by atoms with Crippen LogP contribution < -0.4 is 0 Å². The molecule has 0 spiro atoms. The van der Waals surface area contributed by atoms with Gasteiger partial charge in [0.1, 0.15) is 11.5 Å². The van der Waals surface area contributed by atoms with Gasteiger partial charge >= 0.3 is 0 Å². The summed E-state index contributed by atoms with van der Waals surface area (Å²) in [5.41, 5.74) is 8.07. The van der Waals surface area contributed by atoms with E-state index in [9.17, 15) is 0 Å². The number of hydrogen-bond donors (Lipinski definition) is 0. The second kappa shape index (κ2) is 9.77. The van der Waals surface area contributed by atoms with Crippen LogP contribution in [-0.2, 0) is 7.05 Å². The summed E-state index contributed by atoms with van der Waals surface area (Å²) < 4.78 is 4.25. The highest BCUT2D eigenvalue weighted by atomic mass is 15.0. The molecule has 0 N–H and O–H groups in total. The minimum atomic E-state index is 0.862. The SMILES string of the molecule is Cc1c2ccccc2cn1C.Cc1nc(C)c(C)c(C)n1.Cc1nc2ccccn2c1C. The molecule has 0 aliphatic carbocycles. The molecule has 0 aliphatic heterocycles. The average Bonchev–Trinajstić information content (AvgIpc) is 3.22. The van der Waals surface area contributed by atoms with Crippen molar-refractivity contribution in [3.8, 4) is 0 Å². The fourth-order valence-electron chi connectivity index (χ4n) is 3.61. The Bertz CT molecular complexity index is 1260. The summed E-state index contributed by atoms with van der Waals surface area (Å²) in [6.45, 7) is 14.2. The zero-order chi connectivity index (χ0) is 23.4. The van der Waals surface area contributed by atoms with Crippen LogP contribution >= 0.6 is 0 Å². The second-order valence-corrected chi connectivity index (χ2v) is 8.19. The Morgan fingerprint density at radius 1 is 0.656 bits per heavy atom. The Kier molecular flexibility index (Phi) is 7.08. The molecule has 0 saturated carbocycles. The first-order valence-corrected chi connectivity index (χ1v) is 10.9. The molecule has 0 amide bonds. The van der Waals surface area contributed by atoms with E-state index in [1.165, 1.54) is 27.7 Å². The molecule has 0 saturated heterocycles. The number of nitrogens with zero attached hydrogens (tertiary/aromatic N) is 5. The summed E-state index contributed by atoms with van der Waals surface area (Å²) in [5, 5.41) is 2.68. The summed E-state index contributed by atoms with van der Waals surface area (Å²) in [6, 6.07) is 14.5. The van der Waals surface area contributed by atoms with Crippen LogP contribution in [0.2, 0.25) is 0 Å². The fourth-order valence-corrected chi connectivity index (χ4v) is 3.61. The largest absolute Gasteiger partial charge is 0.353 e. The van der Waals surface area contributed by atoms with Crippen molar-refractivity contribution in [1.82, 2.24) is 23.9 Å². The molecule has 5 aromatic rings. The summed E-state index contributed by atoms with van der Waals surface area (Å²) >= 11 is 0. The number of benzene rings is 1. The van der Waals surface area contributed by atoms with E-state index >= 15 is 0 Å². The molecule has 0 radical (unpaired) electrons. The van der Waals surface area contributed by atoms with Crippen molar-refractivity contribution in [2.45, 2.75) is 48.5 Å². The standard InChI is InChI=1S/C10H11N.C9H10N2.C8H12N2/c1-8-10-6-4-3-5-9(10)7-11(8)2;1-7-8(2)11-6-4-3-5-9(11)10-7;1-5-6(2)9-8(4)10-7(5)3/h3-7H,1-2H3;3-6H,1-2H3;1-4H3. The predicted molar refractivity (Wildman–Crippen MR) is 133 cm³/mol. The van der Waals surface area contributed by atoms with Crippen molar-refractivity contribution in [3.63, 3.8) is 0 Å². The van der Waals surface area contributed by atoms with E-state index in [0.29, 0.717) is 0 Å². The Labute approximate surface area is 190 Å². The van der Waals surface area contributed by atoms with E-state index in [1.54, 1.807) is 0 Å². The van der Waals surface area contributed by atoms with Gasteiger partial charge in [0.05, 0.1) is 5.69 Å². The lowest BCUT2D eigenvalue weighted by Gasteiger charge is -2.02. The van der Waals surface area contributed by atoms with Crippen molar-refractivity contribution in [1.29, 1.82) is 0 Å². The number of imidazole rings is 1. The van der Waals surface area contributed by atoms with Crippen LogP contribution in [0.1, 0.15) is 39.9 Å². The number of pyridine rings is 1. The van der Waals surface area contributed by atoms with Crippen molar-refractivity contribution < 1.29 is 0 Å². The quantitative estimate of drug-likeness (QED) is 0.298. The number of rotatable bonds is 0.